The molecule has 1 aromatic heterocycles. The average molecular weight is 1730 g/mol. The molecule has 41 nitrogen and oxygen atoms in total. The van der Waals surface area contributed by atoms with Gasteiger partial charge in [-0.25, -0.2) is 4.79 Å². The van der Waals surface area contributed by atoms with E-state index in [0.717, 1.165) is 17.5 Å². The Labute approximate surface area is 695 Å². The number of urea groups is 1. The molecule has 0 radical (unpaired) electrons. The van der Waals surface area contributed by atoms with Gasteiger partial charge in [0.2, 0.25) is 65.0 Å². The molecule has 120 heavy (non-hydrogen) atoms. The highest BCUT2D eigenvalue weighted by molar-refractivity contribution is 7.72. The van der Waals surface area contributed by atoms with Crippen molar-refractivity contribution in [1.29, 1.82) is 0 Å². The standard InChI is InChI=1S/C77H119N15O26P2/c1-54-14-3-4-16-58(54)91-75(107)87-57-24-21-55(22-25-57)52-69(100)89-60(18-6-10-38-80-62(93)26-23-56-15-12-36-79-53-56)72(104)90-61(19-11-20-70(101)102)73(105)92-76(33-7-2-8-34-76)74(106)86-43-47-118-51-50-117-45-41-84-66(97)30-29-65(96)83-40-44-115-48-49-116-46-42-85-67(98)31-32-68(99)88-59(71(78)103)17-5-9-37-81-63(94)27-28-64(95)82-39-13-35-77(108,119(109,110)111)120(112,113)114/h3-4,12,14-16,21-26,36,53,59-61,71,103,108H,2,5-11,13,17-20,27-35,37-52,78H2,1H3,(H,80,93)(H,81,94)(H,82,95)(H,83,96)(H,84,97)(H,85,98)(H,86,106)(H,88,99)(H,89,100)(H,90,104)(H,92,105)(H,101,102)(H2,87,91,107)(H2,109,110,111)(H2,112,113,114)/b26-23+/t59-,60-,61-,71?/m0/s1. The van der Waals surface area contributed by atoms with Crippen molar-refractivity contribution in [3.63, 3.8) is 0 Å². The van der Waals surface area contributed by atoms with Crippen LogP contribution in [0.15, 0.2) is 79.1 Å². The minimum Gasteiger partial charge on any atom is -0.481 e. The number of amides is 13. The van der Waals surface area contributed by atoms with Crippen LogP contribution in [-0.2, 0) is 92.0 Å². The van der Waals surface area contributed by atoms with Gasteiger partial charge in [-0.05, 0) is 125 Å². The van der Waals surface area contributed by atoms with Gasteiger partial charge in [-0.3, -0.25) is 71.6 Å². The van der Waals surface area contributed by atoms with Crippen LogP contribution in [0.3, 0.4) is 0 Å². The lowest BCUT2D eigenvalue weighted by atomic mass is 9.80. The number of aliphatic carboxylic acids is 1. The number of pyridine rings is 1. The number of nitrogens with zero attached hydrogens (tertiary/aromatic N) is 1. The number of benzene rings is 2. The SMILES string of the molecule is Cc1ccccc1NC(=O)Nc1ccc(CC(=O)N[C@@H](CCCCNC(=O)/C=C/c2cccnc2)C(=O)N[C@@H](CCCC(=O)O)C(=O)NC2(C(=O)NCCOCCOCCNC(=O)CCC(=O)NCCOCCOCCNC(=O)CCC(=O)N[C@@H](CCCCNC(=O)CCC(=O)NCCCC(O)(P(=O)(O)O)P(=O)(O)O)C(N)O)CCCCC2)cc1. The molecule has 1 aliphatic carbocycles. The molecule has 1 unspecified atom stereocenters. The lowest BCUT2D eigenvalue weighted by Gasteiger charge is -2.38. The lowest BCUT2D eigenvalue weighted by molar-refractivity contribution is -0.138. The molecule has 1 saturated carbocycles. The fraction of sp³-hybridized carbons (Fsp3) is 0.584. The number of aryl methyl sites for hydroxylation is 1. The minimum atomic E-state index is -5.63. The van der Waals surface area contributed by atoms with Gasteiger partial charge in [0, 0.05) is 127 Å². The molecular formula is C77H119N15O26P2. The van der Waals surface area contributed by atoms with Crippen molar-refractivity contribution in [2.24, 2.45) is 5.73 Å². The number of rotatable bonds is 61. The number of carboxylic acid groups (broad SMARTS) is 1. The summed E-state index contributed by atoms with van der Waals surface area (Å²) in [6.07, 6.45) is 6.07. The molecule has 0 saturated heterocycles. The quantitative estimate of drug-likeness (QED) is 0.0158. The zero-order valence-corrected chi connectivity index (χ0v) is 69.4. The van der Waals surface area contributed by atoms with E-state index >= 15 is 0 Å². The topological polar surface area (TPSA) is 630 Å². The monoisotopic (exact) mass is 1730 g/mol. The number of hydrogen-bond donors (Lipinski definition) is 21. The van der Waals surface area contributed by atoms with Crippen molar-refractivity contribution in [3.8, 4) is 0 Å². The van der Waals surface area contributed by atoms with Gasteiger partial charge in [0.05, 0.1) is 65.3 Å². The van der Waals surface area contributed by atoms with Gasteiger partial charge in [0.1, 0.15) is 23.9 Å². The first-order valence-corrected chi connectivity index (χ1v) is 43.1. The number of carboxylic acids is 1. The van der Waals surface area contributed by atoms with Crippen molar-refractivity contribution < 1.29 is 125 Å². The molecule has 0 aliphatic heterocycles. The Morgan fingerprint density at radius 1 is 0.525 bits per heavy atom. The molecule has 22 N–H and O–H groups in total. The van der Waals surface area contributed by atoms with Crippen molar-refractivity contribution in [3.05, 3.63) is 95.8 Å². The number of ether oxygens (including phenoxy) is 4. The van der Waals surface area contributed by atoms with Crippen LogP contribution >= 0.6 is 15.2 Å². The Kier molecular flexibility index (Phi) is 48.5. The number of aliphatic hydroxyl groups excluding tert-OH is 1. The van der Waals surface area contributed by atoms with E-state index in [1.165, 1.54) is 6.08 Å². The van der Waals surface area contributed by atoms with Gasteiger partial charge in [0.15, 0.2) is 0 Å². The molecule has 4 atom stereocenters. The van der Waals surface area contributed by atoms with Crippen LogP contribution in [0.1, 0.15) is 158 Å². The molecule has 43 heteroatoms. The number of carbonyl (C=O) groups is 13. The molecule has 4 rings (SSSR count). The third-order valence-electron chi connectivity index (χ3n) is 18.7. The van der Waals surface area contributed by atoms with Gasteiger partial charge < -0.3 is 129 Å². The van der Waals surface area contributed by atoms with Crippen LogP contribution in [0.4, 0.5) is 16.2 Å². The maximum atomic E-state index is 14.4. The van der Waals surface area contributed by atoms with Gasteiger partial charge in [-0.15, -0.1) is 0 Å². The van der Waals surface area contributed by atoms with E-state index in [1.54, 1.807) is 67.0 Å². The summed E-state index contributed by atoms with van der Waals surface area (Å²) in [6, 6.07) is 13.5. The highest BCUT2D eigenvalue weighted by atomic mass is 31.2. The molecule has 668 valence electrons. The van der Waals surface area contributed by atoms with E-state index in [-0.39, 0.29) is 206 Å². The first kappa shape index (κ1) is 103. The smallest absolute Gasteiger partial charge is 0.369 e. The number of nitrogens with two attached hydrogens (primary N) is 1. The summed E-state index contributed by atoms with van der Waals surface area (Å²) >= 11 is 0. The zero-order valence-electron chi connectivity index (χ0n) is 67.6. The molecule has 13 amide bonds. The molecule has 1 fully saturated rings. The molecular weight excluding hydrogens is 1610 g/mol. The highest BCUT2D eigenvalue weighted by Gasteiger charge is 2.58. The normalized spacial score (nSPS) is 13.7. The Bertz CT molecular complexity index is 3850. The first-order valence-electron chi connectivity index (χ1n) is 39.9. The van der Waals surface area contributed by atoms with Crippen molar-refractivity contribution in [2.75, 3.05) is 109 Å². The predicted molar refractivity (Wildman–Crippen MR) is 437 cm³/mol. The highest BCUT2D eigenvalue weighted by Crippen LogP contribution is 2.69. The van der Waals surface area contributed by atoms with Crippen molar-refractivity contribution in [2.45, 2.75) is 190 Å². The van der Waals surface area contributed by atoms with Crippen LogP contribution in [0.5, 0.6) is 0 Å². The zero-order chi connectivity index (χ0) is 88.2. The Morgan fingerprint density at radius 3 is 1.53 bits per heavy atom. The van der Waals surface area contributed by atoms with Crippen molar-refractivity contribution >= 4 is 110 Å². The molecule has 2 aromatic carbocycles. The summed E-state index contributed by atoms with van der Waals surface area (Å²) in [5.41, 5.74) is 7.51. The summed E-state index contributed by atoms with van der Waals surface area (Å²) in [6.45, 7) is 3.65. The number of aromatic nitrogens is 1. The molecule has 0 bridgehead atoms. The predicted octanol–water partition coefficient (Wildman–Crippen LogP) is 0.438. The Balaban J connectivity index is 1.06. The number of unbranched alkanes of at least 4 members (excludes halogenated alkanes) is 2. The van der Waals surface area contributed by atoms with Crippen LogP contribution in [0, 0.1) is 6.92 Å². The fourth-order valence-corrected chi connectivity index (χ4v) is 14.2. The first-order chi connectivity index (χ1) is 57.2. The van der Waals surface area contributed by atoms with E-state index in [0.29, 0.717) is 55.5 Å². The van der Waals surface area contributed by atoms with Crippen molar-refractivity contribution in [1.82, 2.24) is 63.5 Å². The fourth-order valence-electron chi connectivity index (χ4n) is 12.0. The second kappa shape index (κ2) is 56.7. The largest absolute Gasteiger partial charge is 0.481 e. The summed E-state index contributed by atoms with van der Waals surface area (Å²) in [5.74, 6) is -6.78. The summed E-state index contributed by atoms with van der Waals surface area (Å²) in [5, 5.41) is 61.0. The number of anilines is 2. The summed E-state index contributed by atoms with van der Waals surface area (Å²) in [4.78, 5) is 208. The third kappa shape index (κ3) is 43.0. The Morgan fingerprint density at radius 2 is 1.02 bits per heavy atom. The van der Waals surface area contributed by atoms with E-state index < -0.39 is 122 Å². The molecule has 1 heterocycles. The number of para-hydroxylation sites is 1. The number of aliphatic hydroxyl groups is 2. The second-order valence-corrected chi connectivity index (χ2v) is 32.4. The molecule has 1 aliphatic rings. The maximum absolute atomic E-state index is 14.4. The van der Waals surface area contributed by atoms with E-state index in [1.807, 2.05) is 19.1 Å². The van der Waals surface area contributed by atoms with Gasteiger partial charge in [-0.1, -0.05) is 55.7 Å². The minimum absolute atomic E-state index is 0.0186. The molecule has 0 spiro atoms. The van der Waals surface area contributed by atoms with Gasteiger partial charge in [-0.2, -0.15) is 0 Å². The van der Waals surface area contributed by atoms with E-state index in [9.17, 15) is 106 Å². The van der Waals surface area contributed by atoms with Crippen LogP contribution in [0.2, 0.25) is 0 Å². The van der Waals surface area contributed by atoms with Crippen LogP contribution in [-0.4, -0.2) is 251 Å². The number of nitrogens with one attached hydrogen (secondary N) is 13. The number of hydrogen-bond acceptors (Lipinski definition) is 23. The number of carbonyl (C=O) groups excluding carboxylic acids is 12. The van der Waals surface area contributed by atoms with Crippen LogP contribution < -0.4 is 74.9 Å². The van der Waals surface area contributed by atoms with Gasteiger partial charge in [0.25, 0.3) is 5.08 Å². The summed E-state index contributed by atoms with van der Waals surface area (Å²) < 4.78 is 45.0. The van der Waals surface area contributed by atoms with Crippen LogP contribution in [0.25, 0.3) is 6.08 Å². The van der Waals surface area contributed by atoms with E-state index in [4.69, 9.17) is 24.7 Å². The summed E-state index contributed by atoms with van der Waals surface area (Å²) in [7, 11) is -11.3. The molecule has 3 aromatic rings. The lowest BCUT2D eigenvalue weighted by Crippen LogP contribution is -2.63. The Hall–Kier alpha value is -9.74. The van der Waals surface area contributed by atoms with Gasteiger partial charge >= 0.3 is 27.2 Å². The third-order valence-corrected chi connectivity index (χ3v) is 22.5. The maximum Gasteiger partial charge on any atom is 0.369 e. The van der Waals surface area contributed by atoms with E-state index in [2.05, 4.69) is 74.1 Å². The second-order valence-electron chi connectivity index (χ2n) is 28.4. The average Bonchev–Trinajstić information content (AvgIpc) is 0.771.